The summed E-state index contributed by atoms with van der Waals surface area (Å²) in [6, 6.07) is 6.93. The molecule has 7 heteroatoms. The zero-order valence-corrected chi connectivity index (χ0v) is 13.6. The van der Waals surface area contributed by atoms with E-state index >= 15 is 0 Å². The summed E-state index contributed by atoms with van der Waals surface area (Å²) in [7, 11) is 0. The van der Waals surface area contributed by atoms with Crippen molar-refractivity contribution in [1.82, 2.24) is 9.80 Å². The lowest BCUT2D eigenvalue weighted by Crippen LogP contribution is -2.53. The Labute approximate surface area is 140 Å². The Morgan fingerprint density at radius 1 is 1.13 bits per heavy atom. The molecule has 3 rings (SSSR count). The number of ether oxygens (including phenoxy) is 1. The second-order valence-corrected chi connectivity index (χ2v) is 6.13. The van der Waals surface area contributed by atoms with E-state index in [9.17, 15) is 9.59 Å². The van der Waals surface area contributed by atoms with Gasteiger partial charge in [-0.1, -0.05) is 23.7 Å². The molecule has 0 spiro atoms. The summed E-state index contributed by atoms with van der Waals surface area (Å²) in [5, 5.41) is 3.31. The van der Waals surface area contributed by atoms with Crippen LogP contribution in [0.5, 0.6) is 0 Å². The molecule has 6 nitrogen and oxygen atoms in total. The highest BCUT2D eigenvalue weighted by atomic mass is 35.5. The van der Waals surface area contributed by atoms with Crippen LogP contribution < -0.4 is 5.32 Å². The predicted molar refractivity (Wildman–Crippen MR) is 87.6 cm³/mol. The number of piperazine rings is 1. The van der Waals surface area contributed by atoms with Crippen molar-refractivity contribution in [2.45, 2.75) is 18.9 Å². The van der Waals surface area contributed by atoms with Gasteiger partial charge >= 0.3 is 6.03 Å². The van der Waals surface area contributed by atoms with E-state index in [0.29, 0.717) is 43.5 Å². The van der Waals surface area contributed by atoms with Gasteiger partial charge in [0.1, 0.15) is 6.10 Å². The lowest BCUT2D eigenvalue weighted by atomic mass is 10.2. The number of urea groups is 1. The van der Waals surface area contributed by atoms with Crippen LogP contribution in [0.15, 0.2) is 24.3 Å². The van der Waals surface area contributed by atoms with E-state index < -0.39 is 0 Å². The molecule has 0 aromatic heterocycles. The Morgan fingerprint density at radius 3 is 2.48 bits per heavy atom. The number of carbonyl (C=O) groups is 2. The van der Waals surface area contributed by atoms with Gasteiger partial charge in [-0.3, -0.25) is 4.79 Å². The number of benzene rings is 1. The van der Waals surface area contributed by atoms with Crippen LogP contribution in [0.3, 0.4) is 0 Å². The molecular weight excluding hydrogens is 318 g/mol. The van der Waals surface area contributed by atoms with E-state index in [-0.39, 0.29) is 18.0 Å². The number of hydrogen-bond donors (Lipinski definition) is 1. The Kier molecular flexibility index (Phi) is 5.03. The van der Waals surface area contributed by atoms with Crippen LogP contribution >= 0.6 is 11.6 Å². The van der Waals surface area contributed by atoms with Crippen molar-refractivity contribution in [1.29, 1.82) is 0 Å². The van der Waals surface area contributed by atoms with Gasteiger partial charge in [-0.05, 0) is 25.0 Å². The SMILES string of the molecule is O=C(Nc1ccccc1Cl)N1CCN(C(=O)C2CCCO2)CC1. The fourth-order valence-corrected chi connectivity index (χ4v) is 3.05. The molecule has 3 amide bonds. The molecule has 2 fully saturated rings. The van der Waals surface area contributed by atoms with E-state index in [1.54, 1.807) is 21.9 Å². The van der Waals surface area contributed by atoms with Gasteiger partial charge in [-0.2, -0.15) is 0 Å². The topological polar surface area (TPSA) is 61.9 Å². The van der Waals surface area contributed by atoms with Gasteiger partial charge < -0.3 is 19.9 Å². The molecule has 2 aliphatic rings. The number of carbonyl (C=O) groups excluding carboxylic acids is 2. The molecule has 1 aromatic rings. The number of anilines is 1. The fraction of sp³-hybridized carbons (Fsp3) is 0.500. The van der Waals surface area contributed by atoms with Crippen molar-refractivity contribution in [3.05, 3.63) is 29.3 Å². The summed E-state index contributed by atoms with van der Waals surface area (Å²) in [6.45, 7) is 2.75. The fourth-order valence-electron chi connectivity index (χ4n) is 2.86. The highest BCUT2D eigenvalue weighted by Crippen LogP contribution is 2.21. The van der Waals surface area contributed by atoms with Crippen molar-refractivity contribution < 1.29 is 14.3 Å². The number of hydrogen-bond acceptors (Lipinski definition) is 3. The van der Waals surface area contributed by atoms with Crippen molar-refractivity contribution in [3.63, 3.8) is 0 Å². The number of para-hydroxylation sites is 1. The molecule has 1 unspecified atom stereocenters. The third-order valence-electron chi connectivity index (χ3n) is 4.20. The van der Waals surface area contributed by atoms with Crippen molar-refractivity contribution in [3.8, 4) is 0 Å². The van der Waals surface area contributed by atoms with Crippen LogP contribution in [-0.2, 0) is 9.53 Å². The first kappa shape index (κ1) is 16.1. The molecule has 2 aliphatic heterocycles. The monoisotopic (exact) mass is 337 g/mol. The predicted octanol–water partition coefficient (Wildman–Crippen LogP) is 2.20. The number of nitrogens with one attached hydrogen (secondary N) is 1. The molecule has 23 heavy (non-hydrogen) atoms. The highest BCUT2D eigenvalue weighted by Gasteiger charge is 2.31. The van der Waals surface area contributed by atoms with Crippen molar-refractivity contribution in [2.75, 3.05) is 38.1 Å². The first-order valence-electron chi connectivity index (χ1n) is 7.86. The van der Waals surface area contributed by atoms with Gasteiger partial charge in [0.05, 0.1) is 10.7 Å². The quantitative estimate of drug-likeness (QED) is 0.900. The lowest BCUT2D eigenvalue weighted by molar-refractivity contribution is -0.142. The van der Waals surface area contributed by atoms with Crippen LogP contribution in [0, 0.1) is 0 Å². The highest BCUT2D eigenvalue weighted by molar-refractivity contribution is 6.33. The van der Waals surface area contributed by atoms with Crippen LogP contribution in [0.25, 0.3) is 0 Å². The summed E-state index contributed by atoms with van der Waals surface area (Å²) in [6.07, 6.45) is 1.45. The minimum atomic E-state index is -0.293. The first-order chi connectivity index (χ1) is 11.1. The number of nitrogens with zero attached hydrogens (tertiary/aromatic N) is 2. The zero-order valence-electron chi connectivity index (χ0n) is 12.8. The summed E-state index contributed by atoms with van der Waals surface area (Å²) >= 11 is 6.04. The maximum Gasteiger partial charge on any atom is 0.322 e. The average Bonchev–Trinajstić information content (AvgIpc) is 3.11. The molecule has 0 saturated carbocycles. The molecule has 1 atom stereocenters. The maximum atomic E-state index is 12.3. The third-order valence-corrected chi connectivity index (χ3v) is 4.53. The van der Waals surface area contributed by atoms with Gasteiger partial charge in [0.15, 0.2) is 0 Å². The van der Waals surface area contributed by atoms with Gasteiger partial charge in [-0.25, -0.2) is 4.79 Å². The van der Waals surface area contributed by atoms with E-state index in [2.05, 4.69) is 5.32 Å². The van der Waals surface area contributed by atoms with Gasteiger partial charge in [-0.15, -0.1) is 0 Å². The molecule has 1 aromatic carbocycles. The van der Waals surface area contributed by atoms with Crippen molar-refractivity contribution >= 4 is 29.2 Å². The number of halogens is 1. The molecule has 0 bridgehead atoms. The first-order valence-corrected chi connectivity index (χ1v) is 8.24. The van der Waals surface area contributed by atoms with E-state index in [1.165, 1.54) is 0 Å². The third kappa shape index (κ3) is 3.76. The van der Waals surface area contributed by atoms with E-state index in [4.69, 9.17) is 16.3 Å². The molecular formula is C16H20ClN3O3. The zero-order chi connectivity index (χ0) is 16.2. The Hall–Kier alpha value is -1.79. The van der Waals surface area contributed by atoms with E-state index in [0.717, 1.165) is 12.8 Å². The Balaban J connectivity index is 1.51. The van der Waals surface area contributed by atoms with Crippen molar-refractivity contribution in [2.24, 2.45) is 0 Å². The molecule has 2 heterocycles. The largest absolute Gasteiger partial charge is 0.368 e. The molecule has 0 radical (unpaired) electrons. The summed E-state index contributed by atoms with van der Waals surface area (Å²) in [5.41, 5.74) is 0.594. The van der Waals surface area contributed by atoms with Crippen LogP contribution in [0.1, 0.15) is 12.8 Å². The molecule has 1 N–H and O–H groups in total. The minimum Gasteiger partial charge on any atom is -0.368 e. The van der Waals surface area contributed by atoms with Crippen LogP contribution in [0.4, 0.5) is 10.5 Å². The Bertz CT molecular complexity index is 582. The maximum absolute atomic E-state index is 12.3. The summed E-state index contributed by atoms with van der Waals surface area (Å²) < 4.78 is 5.44. The van der Waals surface area contributed by atoms with E-state index in [1.807, 2.05) is 12.1 Å². The average molecular weight is 338 g/mol. The van der Waals surface area contributed by atoms with Gasteiger partial charge in [0.2, 0.25) is 0 Å². The van der Waals surface area contributed by atoms with Gasteiger partial charge in [0, 0.05) is 32.8 Å². The van der Waals surface area contributed by atoms with Crippen LogP contribution in [0.2, 0.25) is 5.02 Å². The number of rotatable bonds is 2. The standard InChI is InChI=1S/C16H20ClN3O3/c17-12-4-1-2-5-13(12)18-16(22)20-9-7-19(8-10-20)15(21)14-6-3-11-23-14/h1-2,4-5,14H,3,6-11H2,(H,18,22). The Morgan fingerprint density at radius 2 is 1.83 bits per heavy atom. The lowest BCUT2D eigenvalue weighted by Gasteiger charge is -2.35. The van der Waals surface area contributed by atoms with Gasteiger partial charge in [0.25, 0.3) is 5.91 Å². The molecule has 124 valence electrons. The summed E-state index contributed by atoms with van der Waals surface area (Å²) in [5.74, 6) is 0.0497. The second-order valence-electron chi connectivity index (χ2n) is 5.72. The van der Waals surface area contributed by atoms with Crippen LogP contribution in [-0.4, -0.2) is 60.6 Å². The molecule has 2 saturated heterocycles. The number of amides is 3. The smallest absolute Gasteiger partial charge is 0.322 e. The normalized spacial score (nSPS) is 21.3. The summed E-state index contributed by atoms with van der Waals surface area (Å²) in [4.78, 5) is 28.0. The second kappa shape index (κ2) is 7.19. The minimum absolute atomic E-state index is 0.0497. The molecule has 0 aliphatic carbocycles.